The van der Waals surface area contributed by atoms with Gasteiger partial charge in [0.15, 0.2) is 0 Å². The molecule has 2 aromatic rings. The molecule has 0 aliphatic heterocycles. The van der Waals surface area contributed by atoms with Crippen LogP contribution in [0.15, 0.2) is 12.4 Å². The first kappa shape index (κ1) is 13.3. The van der Waals surface area contributed by atoms with Crippen LogP contribution in [0.1, 0.15) is 29.2 Å². The van der Waals surface area contributed by atoms with E-state index >= 15 is 0 Å². The van der Waals surface area contributed by atoms with E-state index in [9.17, 15) is 4.79 Å². The number of nitrogens with zero attached hydrogens (tertiary/aromatic N) is 5. The molecule has 7 heteroatoms. The van der Waals surface area contributed by atoms with Gasteiger partial charge in [-0.2, -0.15) is 0 Å². The molecule has 0 fully saturated rings. The lowest BCUT2D eigenvalue weighted by molar-refractivity contribution is 0.0505. The van der Waals surface area contributed by atoms with Gasteiger partial charge in [0, 0.05) is 32.4 Å². The highest BCUT2D eigenvalue weighted by Gasteiger charge is 2.18. The Bertz CT molecular complexity index is 572. The van der Waals surface area contributed by atoms with Gasteiger partial charge < -0.3 is 13.9 Å². The summed E-state index contributed by atoms with van der Waals surface area (Å²) in [7, 11) is 1.94. The molecule has 7 nitrogen and oxygen atoms in total. The number of rotatable bonds is 5. The molecule has 2 rings (SSSR count). The highest BCUT2D eigenvalue weighted by molar-refractivity contribution is 5.85. The predicted octanol–water partition coefficient (Wildman–Crippen LogP) is 0.739. The van der Waals surface area contributed by atoms with E-state index in [2.05, 4.69) is 15.2 Å². The molecule has 0 saturated carbocycles. The second-order valence-electron chi connectivity index (χ2n) is 4.15. The van der Waals surface area contributed by atoms with Gasteiger partial charge in [0.1, 0.15) is 11.6 Å². The van der Waals surface area contributed by atoms with Crippen molar-refractivity contribution < 1.29 is 9.53 Å². The van der Waals surface area contributed by atoms with Crippen LogP contribution >= 0.6 is 0 Å². The zero-order valence-electron chi connectivity index (χ0n) is 11.3. The fraction of sp³-hybridized carbons (Fsp3) is 0.500. The number of imidazole rings is 1. The number of ether oxygens (including phenoxy) is 1. The van der Waals surface area contributed by atoms with E-state index < -0.39 is 5.97 Å². The van der Waals surface area contributed by atoms with Gasteiger partial charge in [-0.1, -0.05) is 0 Å². The van der Waals surface area contributed by atoms with Crippen molar-refractivity contribution in [2.75, 3.05) is 6.61 Å². The van der Waals surface area contributed by atoms with Crippen molar-refractivity contribution >= 4 is 5.97 Å². The molecule has 0 aromatic carbocycles. The van der Waals surface area contributed by atoms with Crippen LogP contribution in [0.5, 0.6) is 0 Å². The Morgan fingerprint density at radius 3 is 2.84 bits per heavy atom. The molecule has 0 atom stereocenters. The summed E-state index contributed by atoms with van der Waals surface area (Å²) in [5.41, 5.74) is 0. The van der Waals surface area contributed by atoms with Crippen LogP contribution < -0.4 is 0 Å². The molecule has 0 radical (unpaired) electrons. The van der Waals surface area contributed by atoms with Gasteiger partial charge in [-0.15, -0.1) is 10.2 Å². The van der Waals surface area contributed by atoms with Crippen LogP contribution in [0.3, 0.4) is 0 Å². The minimum Gasteiger partial charge on any atom is -0.460 e. The fourth-order valence-electron chi connectivity index (χ4n) is 1.84. The first-order chi connectivity index (χ1) is 9.13. The summed E-state index contributed by atoms with van der Waals surface area (Å²) < 4.78 is 8.66. The van der Waals surface area contributed by atoms with Gasteiger partial charge in [-0.25, -0.2) is 9.78 Å². The first-order valence-electron chi connectivity index (χ1n) is 6.16. The van der Waals surface area contributed by atoms with Crippen molar-refractivity contribution in [2.24, 2.45) is 7.05 Å². The van der Waals surface area contributed by atoms with E-state index in [1.54, 1.807) is 17.7 Å². The SMILES string of the molecule is CCOC(=O)c1nnc(C)n1CCc1nccn1C. The Kier molecular flexibility index (Phi) is 3.94. The Balaban J connectivity index is 2.13. The monoisotopic (exact) mass is 263 g/mol. The third kappa shape index (κ3) is 2.81. The number of aromatic nitrogens is 5. The maximum atomic E-state index is 11.7. The number of hydrogen-bond donors (Lipinski definition) is 0. The van der Waals surface area contributed by atoms with Crippen molar-refractivity contribution in [3.8, 4) is 0 Å². The van der Waals surface area contributed by atoms with Crippen LogP contribution in [0.2, 0.25) is 0 Å². The molecule has 0 amide bonds. The van der Waals surface area contributed by atoms with E-state index in [0.29, 0.717) is 25.4 Å². The molecule has 2 aromatic heterocycles. The van der Waals surface area contributed by atoms with Gasteiger partial charge in [-0.05, 0) is 13.8 Å². The van der Waals surface area contributed by atoms with Crippen molar-refractivity contribution in [1.29, 1.82) is 0 Å². The Morgan fingerprint density at radius 2 is 2.21 bits per heavy atom. The van der Waals surface area contributed by atoms with E-state index in [1.807, 2.05) is 24.7 Å². The maximum absolute atomic E-state index is 11.7. The molecule has 0 N–H and O–H groups in total. The average Bonchev–Trinajstić information content (AvgIpc) is 2.94. The zero-order chi connectivity index (χ0) is 13.8. The van der Waals surface area contributed by atoms with Gasteiger partial charge in [-0.3, -0.25) is 0 Å². The van der Waals surface area contributed by atoms with Crippen LogP contribution in [0.4, 0.5) is 0 Å². The van der Waals surface area contributed by atoms with Gasteiger partial charge in [0.25, 0.3) is 0 Å². The van der Waals surface area contributed by atoms with Gasteiger partial charge >= 0.3 is 5.97 Å². The van der Waals surface area contributed by atoms with Crippen molar-refractivity contribution in [3.63, 3.8) is 0 Å². The van der Waals surface area contributed by atoms with Crippen LogP contribution in [-0.2, 0) is 24.8 Å². The lowest BCUT2D eigenvalue weighted by Gasteiger charge is -2.08. The second-order valence-corrected chi connectivity index (χ2v) is 4.15. The predicted molar refractivity (Wildman–Crippen MR) is 67.6 cm³/mol. The highest BCUT2D eigenvalue weighted by atomic mass is 16.5. The lowest BCUT2D eigenvalue weighted by Crippen LogP contribution is -2.16. The summed E-state index contributed by atoms with van der Waals surface area (Å²) in [4.78, 5) is 16.0. The van der Waals surface area contributed by atoms with Crippen molar-refractivity contribution in [2.45, 2.75) is 26.8 Å². The fourth-order valence-corrected chi connectivity index (χ4v) is 1.84. The van der Waals surface area contributed by atoms with Crippen molar-refractivity contribution in [1.82, 2.24) is 24.3 Å². The summed E-state index contributed by atoms with van der Waals surface area (Å²) >= 11 is 0. The number of carbonyl (C=O) groups is 1. The molecule has 2 heterocycles. The quantitative estimate of drug-likeness (QED) is 0.744. The van der Waals surface area contributed by atoms with Gasteiger partial charge in [0.05, 0.1) is 6.61 Å². The third-order valence-electron chi connectivity index (χ3n) is 2.87. The standard InChI is InChI=1S/C12H17N5O2/c1-4-19-12(18)11-15-14-9(2)17(11)7-5-10-13-6-8-16(10)3/h6,8H,4-5,7H2,1-3H3. The Morgan fingerprint density at radius 1 is 1.42 bits per heavy atom. The molecule has 19 heavy (non-hydrogen) atoms. The maximum Gasteiger partial charge on any atom is 0.376 e. The number of carbonyl (C=O) groups excluding carboxylic acids is 1. The van der Waals surface area contributed by atoms with Crippen molar-refractivity contribution in [3.05, 3.63) is 29.9 Å². The molecular formula is C12H17N5O2. The summed E-state index contributed by atoms with van der Waals surface area (Å²) in [5, 5.41) is 7.80. The number of hydrogen-bond acceptors (Lipinski definition) is 5. The minimum absolute atomic E-state index is 0.244. The van der Waals surface area contributed by atoms with E-state index in [4.69, 9.17) is 4.74 Å². The molecule has 0 bridgehead atoms. The zero-order valence-corrected chi connectivity index (χ0v) is 11.3. The van der Waals surface area contributed by atoms with E-state index in [1.165, 1.54) is 0 Å². The summed E-state index contributed by atoms with van der Waals surface area (Å²) in [5.74, 6) is 1.44. The normalized spacial score (nSPS) is 10.7. The Labute approximate surface area is 111 Å². The molecule has 102 valence electrons. The number of aryl methyl sites for hydroxylation is 3. The molecule has 0 spiro atoms. The second kappa shape index (κ2) is 5.64. The molecular weight excluding hydrogens is 246 g/mol. The highest BCUT2D eigenvalue weighted by Crippen LogP contribution is 2.06. The van der Waals surface area contributed by atoms with Crippen LogP contribution in [0.25, 0.3) is 0 Å². The summed E-state index contributed by atoms with van der Waals surface area (Å²) in [6.45, 7) is 4.50. The summed E-state index contributed by atoms with van der Waals surface area (Å²) in [6.07, 6.45) is 4.34. The van der Waals surface area contributed by atoms with Gasteiger partial charge in [0.2, 0.25) is 5.82 Å². The third-order valence-corrected chi connectivity index (χ3v) is 2.87. The molecule has 0 aliphatic rings. The molecule has 0 aliphatic carbocycles. The topological polar surface area (TPSA) is 74.8 Å². The van der Waals surface area contributed by atoms with E-state index in [-0.39, 0.29) is 5.82 Å². The number of esters is 1. The average molecular weight is 263 g/mol. The smallest absolute Gasteiger partial charge is 0.376 e. The van der Waals surface area contributed by atoms with E-state index in [0.717, 1.165) is 5.82 Å². The molecule has 0 unspecified atom stereocenters. The first-order valence-corrected chi connectivity index (χ1v) is 6.16. The molecule has 0 saturated heterocycles. The summed E-state index contributed by atoms with van der Waals surface area (Å²) in [6, 6.07) is 0. The Hall–Kier alpha value is -2.18. The lowest BCUT2D eigenvalue weighted by atomic mass is 10.3. The largest absolute Gasteiger partial charge is 0.460 e. The van der Waals surface area contributed by atoms with Crippen LogP contribution in [0, 0.1) is 6.92 Å². The minimum atomic E-state index is -0.442. The van der Waals surface area contributed by atoms with Crippen LogP contribution in [-0.4, -0.2) is 36.9 Å².